The second-order valence-electron chi connectivity index (χ2n) is 4.68. The van der Waals surface area contributed by atoms with E-state index in [-0.39, 0.29) is 0 Å². The van der Waals surface area contributed by atoms with Gasteiger partial charge in [0.2, 0.25) is 5.13 Å². The molecular formula is C14H19N3O2S. The maximum Gasteiger partial charge on any atom is 0.202 e. The summed E-state index contributed by atoms with van der Waals surface area (Å²) in [6, 6.07) is 6.21. The molecule has 2 aromatic rings. The number of hydrogen-bond acceptors (Lipinski definition) is 6. The first kappa shape index (κ1) is 14.6. The van der Waals surface area contributed by atoms with Gasteiger partial charge in [0.15, 0.2) is 11.5 Å². The molecule has 0 aliphatic rings. The second kappa shape index (κ2) is 6.56. The van der Waals surface area contributed by atoms with Crippen LogP contribution in [0, 0.1) is 0 Å². The fourth-order valence-corrected chi connectivity index (χ4v) is 2.54. The van der Waals surface area contributed by atoms with Crippen LogP contribution in [-0.2, 0) is 6.42 Å². The van der Waals surface area contributed by atoms with Crippen molar-refractivity contribution in [2.45, 2.75) is 26.3 Å². The van der Waals surface area contributed by atoms with Crippen LogP contribution >= 0.6 is 11.5 Å². The van der Waals surface area contributed by atoms with Gasteiger partial charge in [0.1, 0.15) is 5.82 Å². The molecule has 0 bridgehead atoms. The molecule has 0 atom stereocenters. The minimum Gasteiger partial charge on any atom is -0.493 e. The molecule has 0 saturated heterocycles. The molecule has 0 aliphatic heterocycles. The number of anilines is 1. The van der Waals surface area contributed by atoms with Crippen molar-refractivity contribution in [2.75, 3.05) is 19.5 Å². The van der Waals surface area contributed by atoms with Crippen LogP contribution in [0.3, 0.4) is 0 Å². The molecule has 1 N–H and O–H groups in total. The highest BCUT2D eigenvalue weighted by molar-refractivity contribution is 7.09. The van der Waals surface area contributed by atoms with E-state index in [1.807, 2.05) is 18.2 Å². The van der Waals surface area contributed by atoms with Crippen LogP contribution in [0.1, 0.15) is 25.2 Å². The van der Waals surface area contributed by atoms with E-state index in [1.165, 1.54) is 11.5 Å². The highest BCUT2D eigenvalue weighted by Crippen LogP contribution is 2.28. The standard InChI is InChI=1S/C14H19N3O2S/c1-9(2)15-14-16-13(17-20-14)8-10-5-6-11(18-3)12(7-10)19-4/h5-7,9H,8H2,1-4H3,(H,15,16,17). The zero-order valence-corrected chi connectivity index (χ0v) is 13.0. The van der Waals surface area contributed by atoms with Crippen molar-refractivity contribution in [3.63, 3.8) is 0 Å². The Bertz CT molecular complexity index is 569. The van der Waals surface area contributed by atoms with Crippen molar-refractivity contribution in [3.8, 4) is 11.5 Å². The molecule has 0 unspecified atom stereocenters. The summed E-state index contributed by atoms with van der Waals surface area (Å²) in [5, 5.41) is 4.11. The average Bonchev–Trinajstić information content (AvgIpc) is 2.85. The minimum atomic E-state index is 0.358. The Labute approximate surface area is 123 Å². The van der Waals surface area contributed by atoms with Gasteiger partial charge in [0.05, 0.1) is 14.2 Å². The molecular weight excluding hydrogens is 274 g/mol. The van der Waals surface area contributed by atoms with E-state index in [4.69, 9.17) is 9.47 Å². The van der Waals surface area contributed by atoms with Crippen molar-refractivity contribution in [1.82, 2.24) is 9.36 Å². The number of methoxy groups -OCH3 is 2. The summed E-state index contributed by atoms with van der Waals surface area (Å²) in [7, 11) is 3.26. The molecule has 108 valence electrons. The van der Waals surface area contributed by atoms with Crippen LogP contribution in [0.2, 0.25) is 0 Å². The largest absolute Gasteiger partial charge is 0.493 e. The van der Waals surface area contributed by atoms with Crippen LogP contribution in [-0.4, -0.2) is 29.6 Å². The van der Waals surface area contributed by atoms with Gasteiger partial charge in [0.25, 0.3) is 0 Å². The van der Waals surface area contributed by atoms with E-state index in [2.05, 4.69) is 28.5 Å². The van der Waals surface area contributed by atoms with Gasteiger partial charge < -0.3 is 14.8 Å². The zero-order chi connectivity index (χ0) is 14.5. The third-order valence-corrected chi connectivity index (χ3v) is 3.37. The van der Waals surface area contributed by atoms with Crippen LogP contribution in [0.25, 0.3) is 0 Å². The van der Waals surface area contributed by atoms with Gasteiger partial charge in [-0.1, -0.05) is 6.07 Å². The number of nitrogens with one attached hydrogen (secondary N) is 1. The summed E-state index contributed by atoms with van der Waals surface area (Å²) in [6.45, 7) is 4.16. The Balaban J connectivity index is 2.11. The molecule has 0 radical (unpaired) electrons. The van der Waals surface area contributed by atoms with E-state index in [1.54, 1.807) is 14.2 Å². The summed E-state index contributed by atoms with van der Waals surface area (Å²) in [4.78, 5) is 4.47. The first-order valence-electron chi connectivity index (χ1n) is 6.42. The highest BCUT2D eigenvalue weighted by Gasteiger charge is 2.09. The Morgan fingerprint density at radius 1 is 1.20 bits per heavy atom. The summed E-state index contributed by atoms with van der Waals surface area (Å²) in [6.07, 6.45) is 0.677. The molecule has 0 aliphatic carbocycles. The normalized spacial score (nSPS) is 10.7. The number of hydrogen-bond donors (Lipinski definition) is 1. The molecule has 5 nitrogen and oxygen atoms in total. The Hall–Kier alpha value is -1.82. The van der Waals surface area contributed by atoms with Crippen LogP contribution in [0.4, 0.5) is 5.13 Å². The predicted molar refractivity (Wildman–Crippen MR) is 81.0 cm³/mol. The third-order valence-electron chi connectivity index (χ3n) is 2.69. The maximum atomic E-state index is 5.30. The van der Waals surface area contributed by atoms with E-state index >= 15 is 0 Å². The highest BCUT2D eigenvalue weighted by atomic mass is 32.1. The van der Waals surface area contributed by atoms with Crippen molar-refractivity contribution >= 4 is 16.7 Å². The average molecular weight is 293 g/mol. The summed E-state index contributed by atoms with van der Waals surface area (Å²) < 4.78 is 14.9. The van der Waals surface area contributed by atoms with Crippen LogP contribution < -0.4 is 14.8 Å². The molecule has 0 saturated carbocycles. The molecule has 1 aromatic heterocycles. The molecule has 20 heavy (non-hydrogen) atoms. The first-order valence-corrected chi connectivity index (χ1v) is 7.19. The minimum absolute atomic E-state index is 0.358. The van der Waals surface area contributed by atoms with Gasteiger partial charge in [0, 0.05) is 24.0 Å². The SMILES string of the molecule is COc1ccc(Cc2nsc(NC(C)C)n2)cc1OC. The molecule has 1 aromatic carbocycles. The Morgan fingerprint density at radius 2 is 1.95 bits per heavy atom. The van der Waals surface area contributed by atoms with Gasteiger partial charge in [-0.05, 0) is 31.5 Å². The first-order chi connectivity index (χ1) is 9.62. The van der Waals surface area contributed by atoms with Crippen molar-refractivity contribution < 1.29 is 9.47 Å². The summed E-state index contributed by atoms with van der Waals surface area (Å²) in [5.41, 5.74) is 1.09. The van der Waals surface area contributed by atoms with Gasteiger partial charge in [-0.2, -0.15) is 4.37 Å². The van der Waals surface area contributed by atoms with Crippen molar-refractivity contribution in [2.24, 2.45) is 0 Å². The van der Waals surface area contributed by atoms with Gasteiger partial charge in [-0.25, -0.2) is 4.98 Å². The molecule has 6 heteroatoms. The molecule has 0 fully saturated rings. The van der Waals surface area contributed by atoms with Crippen LogP contribution in [0.15, 0.2) is 18.2 Å². The molecule has 1 heterocycles. The zero-order valence-electron chi connectivity index (χ0n) is 12.1. The number of nitrogens with zero attached hydrogens (tertiary/aromatic N) is 2. The molecule has 0 amide bonds. The summed E-state index contributed by atoms with van der Waals surface area (Å²) >= 11 is 1.39. The number of benzene rings is 1. The monoisotopic (exact) mass is 293 g/mol. The van der Waals surface area contributed by atoms with Crippen molar-refractivity contribution in [3.05, 3.63) is 29.6 Å². The van der Waals surface area contributed by atoms with Crippen LogP contribution in [0.5, 0.6) is 11.5 Å². The lowest BCUT2D eigenvalue weighted by molar-refractivity contribution is 0.354. The fourth-order valence-electron chi connectivity index (χ4n) is 1.80. The van der Waals surface area contributed by atoms with Crippen molar-refractivity contribution in [1.29, 1.82) is 0 Å². The molecule has 0 spiro atoms. The lowest BCUT2D eigenvalue weighted by Gasteiger charge is -2.08. The quantitative estimate of drug-likeness (QED) is 0.887. The van der Waals surface area contributed by atoms with Gasteiger partial charge in [-0.15, -0.1) is 0 Å². The maximum absolute atomic E-state index is 5.30. The number of rotatable bonds is 6. The van der Waals surface area contributed by atoms with Gasteiger partial charge in [-0.3, -0.25) is 0 Å². The van der Waals surface area contributed by atoms with E-state index in [0.29, 0.717) is 12.5 Å². The fraction of sp³-hybridized carbons (Fsp3) is 0.429. The lowest BCUT2D eigenvalue weighted by atomic mass is 10.1. The Morgan fingerprint density at radius 3 is 2.60 bits per heavy atom. The molecule has 2 rings (SSSR count). The number of ether oxygens (including phenoxy) is 2. The van der Waals surface area contributed by atoms with E-state index < -0.39 is 0 Å². The predicted octanol–water partition coefficient (Wildman–Crippen LogP) is 2.97. The van der Waals surface area contributed by atoms with Gasteiger partial charge >= 0.3 is 0 Å². The van der Waals surface area contributed by atoms with E-state index in [0.717, 1.165) is 28.0 Å². The third kappa shape index (κ3) is 3.60. The summed E-state index contributed by atoms with van der Waals surface area (Å²) in [5.74, 6) is 2.26. The van der Waals surface area contributed by atoms with E-state index in [9.17, 15) is 0 Å². The second-order valence-corrected chi connectivity index (χ2v) is 5.43. The topological polar surface area (TPSA) is 56.3 Å². The smallest absolute Gasteiger partial charge is 0.202 e. The lowest BCUT2D eigenvalue weighted by Crippen LogP contribution is -2.09. The Kier molecular flexibility index (Phi) is 4.79. The number of aromatic nitrogens is 2.